The first kappa shape index (κ1) is 42.0. The first-order chi connectivity index (χ1) is 26.7. The summed E-state index contributed by atoms with van der Waals surface area (Å²) in [5.74, 6) is -3.80. The van der Waals surface area contributed by atoms with Crippen molar-refractivity contribution in [2.75, 3.05) is 13.2 Å². The van der Waals surface area contributed by atoms with Gasteiger partial charge in [0, 0.05) is 23.9 Å². The van der Waals surface area contributed by atoms with Crippen LogP contribution in [0.4, 0.5) is 18.0 Å². The molecule has 0 spiro atoms. The topological polar surface area (TPSA) is 185 Å². The maximum absolute atomic E-state index is 14.9. The quantitative estimate of drug-likeness (QED) is 0.286. The molecule has 1 aromatic heterocycles. The lowest BCUT2D eigenvalue weighted by atomic mass is 9.85. The van der Waals surface area contributed by atoms with Gasteiger partial charge in [-0.25, -0.2) is 18.2 Å². The van der Waals surface area contributed by atoms with Crippen LogP contribution in [-0.4, -0.2) is 106 Å². The number of carbonyl (C=O) groups is 4. The molecule has 0 unspecified atom stereocenters. The maximum Gasteiger partial charge on any atom is 0.411 e. The highest BCUT2D eigenvalue weighted by molar-refractivity contribution is 7.91. The van der Waals surface area contributed by atoms with Crippen molar-refractivity contribution in [1.82, 2.24) is 24.8 Å². The number of hydrogen-bond donors (Lipinski definition) is 3. The monoisotopic (exact) mass is 821 g/mol. The Morgan fingerprint density at radius 2 is 1.84 bits per heavy atom. The molecule has 14 nitrogen and oxygen atoms in total. The van der Waals surface area contributed by atoms with Gasteiger partial charge in [-0.2, -0.15) is 13.2 Å². The molecule has 0 radical (unpaired) electrons. The number of pyridine rings is 1. The molecule has 0 bridgehead atoms. The number of nitrogens with one attached hydrogen (secondary N) is 2. The van der Waals surface area contributed by atoms with Crippen LogP contribution < -0.4 is 19.5 Å². The zero-order valence-corrected chi connectivity index (χ0v) is 33.4. The molecule has 2 aromatic rings. The van der Waals surface area contributed by atoms with E-state index in [0.717, 1.165) is 4.90 Å². The zero-order chi connectivity index (χ0) is 41.7. The number of sulfonamides is 1. The third kappa shape index (κ3) is 8.51. The molecule has 1 saturated heterocycles. The number of carbonyl (C=O) groups excluding carboxylic acids is 3. The van der Waals surface area contributed by atoms with Crippen molar-refractivity contribution in [1.29, 1.82) is 0 Å². The number of hydrogen-bond acceptors (Lipinski definition) is 9. The Balaban J connectivity index is 1.41. The third-order valence-electron chi connectivity index (χ3n) is 11.6. The number of allylic oxidation sites excluding steroid dienone is 1. The van der Waals surface area contributed by atoms with Crippen molar-refractivity contribution in [3.63, 3.8) is 0 Å². The van der Waals surface area contributed by atoms with Crippen molar-refractivity contribution in [3.05, 3.63) is 42.6 Å². The molecule has 3 heterocycles. The molecule has 4 amide bonds. The van der Waals surface area contributed by atoms with E-state index in [0.29, 0.717) is 62.7 Å². The summed E-state index contributed by atoms with van der Waals surface area (Å²) in [5.41, 5.74) is -4.72. The van der Waals surface area contributed by atoms with Crippen molar-refractivity contribution in [2.24, 2.45) is 17.8 Å². The summed E-state index contributed by atoms with van der Waals surface area (Å²) in [7, 11) is -4.02. The van der Waals surface area contributed by atoms with Gasteiger partial charge in [-0.15, -0.1) is 0 Å². The Kier molecular flexibility index (Phi) is 11.5. The summed E-state index contributed by atoms with van der Waals surface area (Å²) in [5, 5.41) is 13.7. The fourth-order valence-electron chi connectivity index (χ4n) is 8.12. The number of fused-ring (bicyclic) bond motifs is 3. The minimum atomic E-state index is -5.09. The van der Waals surface area contributed by atoms with Gasteiger partial charge in [0.05, 0.1) is 18.4 Å². The number of aromatic nitrogens is 1. The molecule has 7 atom stereocenters. The van der Waals surface area contributed by atoms with E-state index in [4.69, 9.17) is 9.47 Å². The van der Waals surface area contributed by atoms with Crippen LogP contribution in [0.3, 0.4) is 0 Å². The second-order valence-corrected chi connectivity index (χ2v) is 18.3. The smallest absolute Gasteiger partial charge is 0.411 e. The number of amides is 4. The Morgan fingerprint density at radius 1 is 1.12 bits per heavy atom. The van der Waals surface area contributed by atoms with Gasteiger partial charge in [0.25, 0.3) is 5.91 Å². The average Bonchev–Trinajstić information content (AvgIpc) is 4.05. The van der Waals surface area contributed by atoms with Crippen molar-refractivity contribution in [3.8, 4) is 11.6 Å². The van der Waals surface area contributed by atoms with Crippen molar-refractivity contribution < 1.29 is 55.3 Å². The van der Waals surface area contributed by atoms with Gasteiger partial charge in [0.2, 0.25) is 27.7 Å². The highest BCUT2D eigenvalue weighted by Gasteiger charge is 2.63. The second-order valence-electron chi connectivity index (χ2n) is 16.3. The molecule has 312 valence electrons. The first-order valence-electron chi connectivity index (χ1n) is 19.3. The molecule has 57 heavy (non-hydrogen) atoms. The summed E-state index contributed by atoms with van der Waals surface area (Å²) < 4.78 is 83.8. The first-order valence-corrected chi connectivity index (χ1v) is 20.9. The number of halogens is 3. The minimum absolute atomic E-state index is 0.0628. The summed E-state index contributed by atoms with van der Waals surface area (Å²) in [6.07, 6.45) is -1.19. The van der Waals surface area contributed by atoms with E-state index in [1.54, 1.807) is 36.4 Å². The van der Waals surface area contributed by atoms with Crippen LogP contribution >= 0.6 is 0 Å². The van der Waals surface area contributed by atoms with Crippen LogP contribution in [0.5, 0.6) is 11.6 Å². The molecule has 2 saturated carbocycles. The fourth-order valence-corrected chi connectivity index (χ4v) is 9.49. The molecular weight excluding hydrogens is 772 g/mol. The van der Waals surface area contributed by atoms with E-state index < -0.39 is 86.4 Å². The lowest BCUT2D eigenvalue weighted by molar-refractivity contribution is -0.222. The van der Waals surface area contributed by atoms with Crippen molar-refractivity contribution >= 4 is 44.6 Å². The summed E-state index contributed by atoms with van der Waals surface area (Å²) in [6.45, 7) is 6.70. The highest BCUT2D eigenvalue weighted by Crippen LogP contribution is 2.47. The van der Waals surface area contributed by atoms with E-state index in [9.17, 15) is 45.9 Å². The van der Waals surface area contributed by atoms with Crippen LogP contribution in [0.1, 0.15) is 79.6 Å². The van der Waals surface area contributed by atoms with E-state index in [-0.39, 0.29) is 42.5 Å². The van der Waals surface area contributed by atoms with Crippen LogP contribution in [0.15, 0.2) is 42.6 Å². The van der Waals surface area contributed by atoms with Crippen molar-refractivity contribution in [2.45, 2.75) is 120 Å². The third-order valence-corrected chi connectivity index (χ3v) is 13.5. The summed E-state index contributed by atoms with van der Waals surface area (Å²) in [6, 6.07) is 3.63. The van der Waals surface area contributed by atoms with E-state index in [1.165, 1.54) is 13.1 Å². The van der Waals surface area contributed by atoms with E-state index in [2.05, 4.69) is 15.0 Å². The van der Waals surface area contributed by atoms with Gasteiger partial charge in [-0.05, 0) is 101 Å². The van der Waals surface area contributed by atoms with Gasteiger partial charge in [-0.1, -0.05) is 26.0 Å². The molecular formula is C39H50F3N5O9S. The Morgan fingerprint density at radius 3 is 2.49 bits per heavy atom. The Hall–Kier alpha value is -4.61. The lowest BCUT2D eigenvalue weighted by Crippen LogP contribution is -2.66. The standard InChI is InChI=1S/C39H50F3N5O9S/c1-6-55-26-11-14-29-24(18-26)15-16-43-33(29)56-27-19-30-32(48)44-38(35(50)45-57(53,54)28-12-13-28)20-25(38)10-8-7-9-22(2)17-23(3)31(34(49)46(30)21-27)47(36(51)52)37(4,5)39(40,41)42/h8,10-11,14-16,18,22-23,25,27-28,30-31H,6-7,9,12-13,17,19-21H2,1-5H3,(H,44,48)(H,45,50)(H,51,52)/b10-8-/t22-,23+,25+,27+,30-,31-,38+/m0/s1. The molecule has 6 rings (SSSR count). The predicted octanol–water partition coefficient (Wildman–Crippen LogP) is 5.17. The Bertz CT molecular complexity index is 2040. The predicted molar refractivity (Wildman–Crippen MR) is 202 cm³/mol. The number of rotatable bonds is 9. The number of benzene rings is 1. The summed E-state index contributed by atoms with van der Waals surface area (Å²) in [4.78, 5) is 61.7. The largest absolute Gasteiger partial charge is 0.494 e. The SMILES string of the molecule is CCOc1ccc2c(O[C@@H]3C[C@H]4C(=O)N[C@]5(C(=O)NS(=O)(=O)C6CC6)C[C@H]5/C=C\CC[C@H](C)C[C@@H](C)[C@H](N(C(=O)O)C(C)(C)C(F)(F)F)C(=O)N4C3)nccc2c1. The summed E-state index contributed by atoms with van der Waals surface area (Å²) >= 11 is 0. The second kappa shape index (κ2) is 15.6. The van der Waals surface area contributed by atoms with Crippen LogP contribution in [-0.2, 0) is 24.4 Å². The number of carboxylic acid groups (broad SMARTS) is 1. The molecule has 3 fully saturated rings. The molecule has 1 aromatic carbocycles. The van der Waals surface area contributed by atoms with Gasteiger partial charge < -0.3 is 24.8 Å². The normalized spacial score (nSPS) is 29.2. The van der Waals surface area contributed by atoms with E-state index >= 15 is 0 Å². The molecule has 3 N–H and O–H groups in total. The maximum atomic E-state index is 14.9. The zero-order valence-electron chi connectivity index (χ0n) is 32.5. The van der Waals surface area contributed by atoms with Gasteiger partial charge in [0.1, 0.15) is 35.0 Å². The number of ether oxygens (including phenoxy) is 2. The molecule has 2 aliphatic heterocycles. The number of alkyl halides is 3. The fraction of sp³-hybridized carbons (Fsp3) is 0.615. The van der Waals surface area contributed by atoms with Crippen LogP contribution in [0, 0.1) is 17.8 Å². The van der Waals surface area contributed by atoms with E-state index in [1.807, 2.05) is 13.8 Å². The highest BCUT2D eigenvalue weighted by atomic mass is 32.2. The molecule has 4 aliphatic rings. The lowest BCUT2D eigenvalue weighted by Gasteiger charge is -2.45. The van der Waals surface area contributed by atoms with Gasteiger partial charge in [-0.3, -0.25) is 24.0 Å². The van der Waals surface area contributed by atoms with Gasteiger partial charge >= 0.3 is 12.3 Å². The molecule has 18 heteroatoms. The average molecular weight is 822 g/mol. The van der Waals surface area contributed by atoms with Crippen LogP contribution in [0.25, 0.3) is 10.8 Å². The van der Waals surface area contributed by atoms with Gasteiger partial charge in [0.15, 0.2) is 0 Å². The minimum Gasteiger partial charge on any atom is -0.494 e. The van der Waals surface area contributed by atoms with Crippen LogP contribution in [0.2, 0.25) is 0 Å². The number of nitrogens with zero attached hydrogens (tertiary/aromatic N) is 3. The molecule has 2 aliphatic carbocycles. The Labute approximate surface area is 329 Å².